The zero-order valence-electron chi connectivity index (χ0n) is 10.4. The number of hydrogen-bond donors (Lipinski definition) is 1. The third-order valence-corrected chi connectivity index (χ3v) is 3.81. The molecule has 106 valence electrons. The summed E-state index contributed by atoms with van der Waals surface area (Å²) in [5.74, 6) is -0.216. The predicted molar refractivity (Wildman–Crippen MR) is 71.4 cm³/mol. The van der Waals surface area contributed by atoms with Crippen molar-refractivity contribution >= 4 is 17.1 Å². The van der Waals surface area contributed by atoms with Gasteiger partial charge in [-0.1, -0.05) is 18.2 Å². The largest absolute Gasteiger partial charge is 0.416 e. The van der Waals surface area contributed by atoms with Crippen molar-refractivity contribution in [2.45, 2.75) is 18.6 Å². The highest BCUT2D eigenvalue weighted by molar-refractivity contribution is 7.10. The molecular formula is C14H12F3NOS. The summed E-state index contributed by atoms with van der Waals surface area (Å²) in [4.78, 5) is 12.7. The molecule has 2 rings (SSSR count). The molecule has 1 aromatic carbocycles. The molecule has 0 aliphatic heterocycles. The number of nitrogens with two attached hydrogens (primary N) is 1. The first-order valence-corrected chi connectivity index (χ1v) is 6.74. The van der Waals surface area contributed by atoms with Gasteiger partial charge in [-0.2, -0.15) is 13.2 Å². The lowest BCUT2D eigenvalue weighted by Gasteiger charge is -2.10. The van der Waals surface area contributed by atoms with Crippen molar-refractivity contribution in [2.24, 2.45) is 5.73 Å². The van der Waals surface area contributed by atoms with Gasteiger partial charge in [0.05, 0.1) is 11.6 Å². The summed E-state index contributed by atoms with van der Waals surface area (Å²) in [6.07, 6.45) is -4.34. The quantitative estimate of drug-likeness (QED) is 0.937. The Hall–Kier alpha value is -1.66. The highest BCUT2D eigenvalue weighted by atomic mass is 32.1. The van der Waals surface area contributed by atoms with Crippen molar-refractivity contribution in [1.29, 1.82) is 0 Å². The van der Waals surface area contributed by atoms with Crippen molar-refractivity contribution in [3.05, 3.63) is 57.8 Å². The third kappa shape index (κ3) is 3.46. The lowest BCUT2D eigenvalue weighted by Crippen LogP contribution is -2.22. The van der Waals surface area contributed by atoms with Gasteiger partial charge in [0.25, 0.3) is 0 Å². The van der Waals surface area contributed by atoms with E-state index < -0.39 is 17.8 Å². The lowest BCUT2D eigenvalue weighted by atomic mass is 10.0. The van der Waals surface area contributed by atoms with Crippen LogP contribution in [0.25, 0.3) is 0 Å². The summed E-state index contributed by atoms with van der Waals surface area (Å²) in [5.41, 5.74) is 5.61. The maximum absolute atomic E-state index is 12.4. The fraction of sp³-hybridized carbons (Fsp3) is 0.214. The van der Waals surface area contributed by atoms with Crippen LogP contribution in [0.2, 0.25) is 0 Å². The standard InChI is InChI=1S/C14H12F3NOS/c15-14(16,17)10-5-3-9(4-6-10)8-11(19)13(18)12-2-1-7-20-12/h1-7,13H,8,18H2. The normalized spacial score (nSPS) is 13.2. The van der Waals surface area contributed by atoms with E-state index in [1.165, 1.54) is 23.5 Å². The summed E-state index contributed by atoms with van der Waals surface area (Å²) in [6, 6.07) is 7.39. The van der Waals surface area contributed by atoms with E-state index in [4.69, 9.17) is 5.73 Å². The van der Waals surface area contributed by atoms with Crippen molar-refractivity contribution in [2.75, 3.05) is 0 Å². The van der Waals surface area contributed by atoms with Gasteiger partial charge in [-0.25, -0.2) is 0 Å². The molecule has 1 aromatic heterocycles. The number of benzene rings is 1. The molecule has 1 unspecified atom stereocenters. The van der Waals surface area contributed by atoms with Gasteiger partial charge in [0.15, 0.2) is 5.78 Å². The van der Waals surface area contributed by atoms with Crippen LogP contribution in [0.15, 0.2) is 41.8 Å². The van der Waals surface area contributed by atoms with E-state index in [0.29, 0.717) is 5.56 Å². The minimum Gasteiger partial charge on any atom is -0.317 e. The fourth-order valence-electron chi connectivity index (χ4n) is 1.75. The SMILES string of the molecule is NC(C(=O)Cc1ccc(C(F)(F)F)cc1)c1cccs1. The number of Topliss-reactive ketones (excluding diaryl/α,β-unsaturated/α-hetero) is 1. The van der Waals surface area contributed by atoms with Gasteiger partial charge in [-0.3, -0.25) is 4.79 Å². The predicted octanol–water partition coefficient (Wildman–Crippen LogP) is 3.58. The van der Waals surface area contributed by atoms with Crippen LogP contribution in [0.1, 0.15) is 22.0 Å². The second kappa shape index (κ2) is 5.76. The second-order valence-corrected chi connectivity index (χ2v) is 5.31. The topological polar surface area (TPSA) is 43.1 Å². The maximum Gasteiger partial charge on any atom is 0.416 e. The number of halogens is 3. The monoisotopic (exact) mass is 299 g/mol. The molecule has 20 heavy (non-hydrogen) atoms. The summed E-state index contributed by atoms with van der Waals surface area (Å²) in [6.45, 7) is 0. The van der Waals surface area contributed by atoms with Gasteiger partial charge in [-0.15, -0.1) is 11.3 Å². The first-order valence-electron chi connectivity index (χ1n) is 5.86. The highest BCUT2D eigenvalue weighted by Gasteiger charge is 2.30. The summed E-state index contributed by atoms with van der Waals surface area (Å²) in [7, 11) is 0. The zero-order valence-corrected chi connectivity index (χ0v) is 11.2. The molecule has 0 saturated heterocycles. The number of thiophene rings is 1. The Morgan fingerprint density at radius 1 is 1.20 bits per heavy atom. The highest BCUT2D eigenvalue weighted by Crippen LogP contribution is 2.29. The van der Waals surface area contributed by atoms with Gasteiger partial charge >= 0.3 is 6.18 Å². The van der Waals surface area contributed by atoms with Crippen LogP contribution < -0.4 is 5.73 Å². The Bertz CT molecular complexity index is 575. The van der Waals surface area contributed by atoms with Crippen molar-refractivity contribution in [3.8, 4) is 0 Å². The molecule has 6 heteroatoms. The molecule has 0 fully saturated rings. The van der Waals surface area contributed by atoms with Gasteiger partial charge in [0.1, 0.15) is 0 Å². The molecule has 2 nitrogen and oxygen atoms in total. The van der Waals surface area contributed by atoms with E-state index in [2.05, 4.69) is 0 Å². The summed E-state index contributed by atoms with van der Waals surface area (Å²) < 4.78 is 37.2. The second-order valence-electron chi connectivity index (χ2n) is 4.33. The van der Waals surface area contributed by atoms with Crippen LogP contribution in [0, 0.1) is 0 Å². The number of alkyl halides is 3. The minimum atomic E-state index is -4.37. The van der Waals surface area contributed by atoms with E-state index in [-0.39, 0.29) is 12.2 Å². The Labute approximate surface area is 118 Å². The van der Waals surface area contributed by atoms with E-state index in [1.807, 2.05) is 5.38 Å². The Balaban J connectivity index is 2.05. The van der Waals surface area contributed by atoms with E-state index in [9.17, 15) is 18.0 Å². The molecule has 0 saturated carbocycles. The average molecular weight is 299 g/mol. The van der Waals surface area contributed by atoms with Gasteiger partial charge in [0.2, 0.25) is 0 Å². The van der Waals surface area contributed by atoms with Gasteiger partial charge < -0.3 is 5.73 Å². The van der Waals surface area contributed by atoms with Crippen LogP contribution in [0.5, 0.6) is 0 Å². The van der Waals surface area contributed by atoms with Crippen molar-refractivity contribution < 1.29 is 18.0 Å². The average Bonchev–Trinajstić information content (AvgIpc) is 2.91. The molecule has 0 spiro atoms. The Morgan fingerprint density at radius 2 is 1.85 bits per heavy atom. The first kappa shape index (κ1) is 14.7. The third-order valence-electron chi connectivity index (χ3n) is 2.86. The summed E-state index contributed by atoms with van der Waals surface area (Å²) in [5, 5.41) is 1.82. The number of carbonyl (C=O) groups is 1. The maximum atomic E-state index is 12.4. The zero-order chi connectivity index (χ0) is 14.8. The number of rotatable bonds is 4. The number of ketones is 1. The number of carbonyl (C=O) groups excluding carboxylic acids is 1. The van der Waals surface area contributed by atoms with Crippen molar-refractivity contribution in [1.82, 2.24) is 0 Å². The van der Waals surface area contributed by atoms with Crippen LogP contribution in [-0.2, 0) is 17.4 Å². The molecule has 2 N–H and O–H groups in total. The molecule has 0 radical (unpaired) electrons. The first-order chi connectivity index (χ1) is 9.38. The molecule has 0 aliphatic rings. The van der Waals surface area contributed by atoms with Crippen LogP contribution >= 0.6 is 11.3 Å². The van der Waals surface area contributed by atoms with Gasteiger partial charge in [-0.05, 0) is 29.1 Å². The van der Waals surface area contributed by atoms with Gasteiger partial charge in [0, 0.05) is 11.3 Å². The molecule has 0 bridgehead atoms. The van der Waals surface area contributed by atoms with Crippen LogP contribution in [-0.4, -0.2) is 5.78 Å². The molecule has 0 aliphatic carbocycles. The molecular weight excluding hydrogens is 287 g/mol. The van der Waals surface area contributed by atoms with Crippen LogP contribution in [0.4, 0.5) is 13.2 Å². The fourth-order valence-corrected chi connectivity index (χ4v) is 2.50. The summed E-state index contributed by atoms with van der Waals surface area (Å²) >= 11 is 1.38. The van der Waals surface area contributed by atoms with E-state index >= 15 is 0 Å². The number of hydrogen-bond acceptors (Lipinski definition) is 3. The van der Waals surface area contributed by atoms with Crippen molar-refractivity contribution in [3.63, 3.8) is 0 Å². The molecule has 1 heterocycles. The van der Waals surface area contributed by atoms with E-state index in [1.54, 1.807) is 12.1 Å². The Kier molecular flexibility index (Phi) is 4.25. The molecule has 1 atom stereocenters. The smallest absolute Gasteiger partial charge is 0.317 e. The lowest BCUT2D eigenvalue weighted by molar-refractivity contribution is -0.137. The van der Waals surface area contributed by atoms with Crippen LogP contribution in [0.3, 0.4) is 0 Å². The van der Waals surface area contributed by atoms with E-state index in [0.717, 1.165) is 17.0 Å². The Morgan fingerprint density at radius 3 is 2.35 bits per heavy atom. The molecule has 2 aromatic rings. The minimum absolute atomic E-state index is 0.0250. The molecule has 0 amide bonds.